The second kappa shape index (κ2) is 5.43. The van der Waals surface area contributed by atoms with Crippen molar-refractivity contribution in [2.75, 3.05) is 0 Å². The first kappa shape index (κ1) is 12.3. The van der Waals surface area contributed by atoms with Crippen LogP contribution in [0.1, 0.15) is 33.9 Å². The van der Waals surface area contributed by atoms with Crippen molar-refractivity contribution in [2.24, 2.45) is 0 Å². The molecule has 1 N–H and O–H groups in total. The first-order valence-electron chi connectivity index (χ1n) is 5.87. The average Bonchev–Trinajstić information content (AvgIpc) is 2.77. The molecule has 2 nitrogen and oxygen atoms in total. The predicted octanol–water partition coefficient (Wildman–Crippen LogP) is 3.29. The Bertz CT molecular complexity index is 492. The van der Waals surface area contributed by atoms with E-state index in [1.54, 1.807) is 23.7 Å². The molecule has 0 aliphatic rings. The molecule has 2 rings (SSSR count). The minimum Gasteiger partial charge on any atom is -0.388 e. The largest absolute Gasteiger partial charge is 0.388 e. The third-order valence-corrected chi connectivity index (χ3v) is 4.15. The van der Waals surface area contributed by atoms with Gasteiger partial charge in [-0.1, -0.05) is 6.92 Å². The summed E-state index contributed by atoms with van der Waals surface area (Å²) in [4.78, 5) is 6.68. The fourth-order valence-corrected chi connectivity index (χ4v) is 2.84. The number of thiophene rings is 1. The Labute approximate surface area is 106 Å². The maximum absolute atomic E-state index is 10.2. The lowest BCUT2D eigenvalue weighted by Crippen LogP contribution is -2.03. The summed E-state index contributed by atoms with van der Waals surface area (Å²) in [7, 11) is 0. The van der Waals surface area contributed by atoms with Crippen LogP contribution in [0.4, 0.5) is 0 Å². The van der Waals surface area contributed by atoms with Crippen LogP contribution in [-0.4, -0.2) is 10.1 Å². The van der Waals surface area contributed by atoms with Crippen molar-refractivity contribution in [3.8, 4) is 0 Å². The summed E-state index contributed by atoms with van der Waals surface area (Å²) in [5.74, 6) is 0. The summed E-state index contributed by atoms with van der Waals surface area (Å²) in [6, 6.07) is 6.19. The van der Waals surface area contributed by atoms with E-state index in [1.165, 1.54) is 9.75 Å². The van der Waals surface area contributed by atoms with Gasteiger partial charge >= 0.3 is 0 Å². The van der Waals surface area contributed by atoms with E-state index in [0.29, 0.717) is 6.42 Å². The molecular formula is C14H17NOS. The number of pyridine rings is 1. The van der Waals surface area contributed by atoms with Crippen molar-refractivity contribution >= 4 is 11.3 Å². The second-order valence-corrected chi connectivity index (χ2v) is 5.43. The van der Waals surface area contributed by atoms with E-state index in [-0.39, 0.29) is 0 Å². The van der Waals surface area contributed by atoms with Crippen LogP contribution in [0.15, 0.2) is 30.6 Å². The number of aryl methyl sites for hydroxylation is 2. The molecule has 2 heterocycles. The van der Waals surface area contributed by atoms with Crippen LogP contribution in [0, 0.1) is 6.92 Å². The third kappa shape index (κ3) is 2.93. The molecule has 1 unspecified atom stereocenters. The zero-order valence-electron chi connectivity index (χ0n) is 10.2. The molecule has 0 aromatic carbocycles. The molecule has 0 radical (unpaired) electrons. The highest BCUT2D eigenvalue weighted by molar-refractivity contribution is 7.11. The number of nitrogens with zero attached hydrogens (tertiary/aromatic N) is 1. The van der Waals surface area contributed by atoms with Gasteiger partial charge in [-0.05, 0) is 37.1 Å². The minimum atomic E-state index is -0.452. The molecule has 17 heavy (non-hydrogen) atoms. The molecule has 2 aromatic rings. The highest BCUT2D eigenvalue weighted by Crippen LogP contribution is 2.25. The zero-order valence-corrected chi connectivity index (χ0v) is 11.0. The fraction of sp³-hybridized carbons (Fsp3) is 0.357. The lowest BCUT2D eigenvalue weighted by atomic mass is 10.0. The van der Waals surface area contributed by atoms with Crippen LogP contribution >= 0.6 is 11.3 Å². The maximum Gasteiger partial charge on any atom is 0.0855 e. The quantitative estimate of drug-likeness (QED) is 0.899. The lowest BCUT2D eigenvalue weighted by Gasteiger charge is -2.11. The van der Waals surface area contributed by atoms with Crippen molar-refractivity contribution in [1.82, 2.24) is 4.98 Å². The van der Waals surface area contributed by atoms with Crippen LogP contribution in [0.5, 0.6) is 0 Å². The predicted molar refractivity (Wildman–Crippen MR) is 71.3 cm³/mol. The van der Waals surface area contributed by atoms with E-state index in [9.17, 15) is 5.11 Å². The van der Waals surface area contributed by atoms with Crippen LogP contribution in [0.2, 0.25) is 0 Å². The smallest absolute Gasteiger partial charge is 0.0855 e. The van der Waals surface area contributed by atoms with Crippen molar-refractivity contribution in [3.63, 3.8) is 0 Å². The molecule has 0 saturated heterocycles. The minimum absolute atomic E-state index is 0.452. The molecule has 2 aromatic heterocycles. The van der Waals surface area contributed by atoms with Gasteiger partial charge in [-0.3, -0.25) is 4.98 Å². The van der Waals surface area contributed by atoms with Crippen molar-refractivity contribution < 1.29 is 5.11 Å². The zero-order chi connectivity index (χ0) is 12.3. The van der Waals surface area contributed by atoms with Crippen LogP contribution in [-0.2, 0) is 12.8 Å². The Morgan fingerprint density at radius 1 is 1.29 bits per heavy atom. The molecule has 0 saturated carbocycles. The Morgan fingerprint density at radius 3 is 2.71 bits per heavy atom. The van der Waals surface area contributed by atoms with Gasteiger partial charge in [-0.15, -0.1) is 11.3 Å². The van der Waals surface area contributed by atoms with Crippen molar-refractivity contribution in [2.45, 2.75) is 32.8 Å². The SMILES string of the molecule is CCc1ccc(CC(O)c2cnccc2C)s1. The van der Waals surface area contributed by atoms with Crippen LogP contribution < -0.4 is 0 Å². The molecule has 90 valence electrons. The van der Waals surface area contributed by atoms with E-state index >= 15 is 0 Å². The standard InChI is InChI=1S/C14H17NOS/c1-3-11-4-5-12(17-11)8-14(16)13-9-15-7-6-10(13)2/h4-7,9,14,16H,3,8H2,1-2H3. The first-order chi connectivity index (χ1) is 8.20. The summed E-state index contributed by atoms with van der Waals surface area (Å²) in [6.07, 6.45) is 4.80. The molecule has 0 amide bonds. The summed E-state index contributed by atoms with van der Waals surface area (Å²) in [6.45, 7) is 4.16. The molecule has 1 atom stereocenters. The van der Waals surface area contributed by atoms with Gasteiger partial charge in [0.15, 0.2) is 0 Å². The van der Waals surface area contributed by atoms with Crippen molar-refractivity contribution in [3.05, 3.63) is 51.5 Å². The third-order valence-electron chi connectivity index (χ3n) is 2.90. The fourth-order valence-electron chi connectivity index (χ4n) is 1.85. The van der Waals surface area contributed by atoms with Gasteiger partial charge in [0.2, 0.25) is 0 Å². The van der Waals surface area contributed by atoms with Gasteiger partial charge < -0.3 is 5.11 Å². The summed E-state index contributed by atoms with van der Waals surface area (Å²) in [5.41, 5.74) is 2.03. The number of rotatable bonds is 4. The van der Waals surface area contributed by atoms with Gasteiger partial charge in [0.25, 0.3) is 0 Å². The van der Waals surface area contributed by atoms with Gasteiger partial charge in [0.05, 0.1) is 6.10 Å². The maximum atomic E-state index is 10.2. The number of aliphatic hydroxyl groups is 1. The Hall–Kier alpha value is -1.19. The molecule has 0 fully saturated rings. The summed E-state index contributed by atoms with van der Waals surface area (Å²) >= 11 is 1.78. The molecule has 0 aliphatic carbocycles. The van der Waals surface area contributed by atoms with Crippen LogP contribution in [0.25, 0.3) is 0 Å². The highest BCUT2D eigenvalue weighted by Gasteiger charge is 2.12. The van der Waals surface area contributed by atoms with Gasteiger partial charge in [0.1, 0.15) is 0 Å². The van der Waals surface area contributed by atoms with E-state index in [1.807, 2.05) is 13.0 Å². The molecule has 0 bridgehead atoms. The lowest BCUT2D eigenvalue weighted by molar-refractivity contribution is 0.178. The Balaban J connectivity index is 2.11. The van der Waals surface area contributed by atoms with Crippen LogP contribution in [0.3, 0.4) is 0 Å². The molecule has 0 spiro atoms. The summed E-state index contributed by atoms with van der Waals surface area (Å²) in [5, 5.41) is 10.2. The number of aromatic nitrogens is 1. The van der Waals surface area contributed by atoms with Gasteiger partial charge in [0, 0.05) is 34.1 Å². The van der Waals surface area contributed by atoms with E-state index in [2.05, 4.69) is 24.0 Å². The van der Waals surface area contributed by atoms with Crippen molar-refractivity contribution in [1.29, 1.82) is 0 Å². The number of hydrogen-bond donors (Lipinski definition) is 1. The molecular weight excluding hydrogens is 230 g/mol. The topological polar surface area (TPSA) is 33.1 Å². The molecule has 0 aliphatic heterocycles. The van der Waals surface area contributed by atoms with Gasteiger partial charge in [-0.2, -0.15) is 0 Å². The number of hydrogen-bond acceptors (Lipinski definition) is 3. The second-order valence-electron chi connectivity index (χ2n) is 4.17. The first-order valence-corrected chi connectivity index (χ1v) is 6.68. The molecule has 3 heteroatoms. The van der Waals surface area contributed by atoms with E-state index < -0.39 is 6.10 Å². The Kier molecular flexibility index (Phi) is 3.92. The normalized spacial score (nSPS) is 12.6. The van der Waals surface area contributed by atoms with E-state index in [0.717, 1.165) is 17.5 Å². The monoisotopic (exact) mass is 247 g/mol. The van der Waals surface area contributed by atoms with E-state index in [4.69, 9.17) is 0 Å². The Morgan fingerprint density at radius 2 is 2.06 bits per heavy atom. The number of aliphatic hydroxyl groups excluding tert-OH is 1. The highest BCUT2D eigenvalue weighted by atomic mass is 32.1. The summed E-state index contributed by atoms with van der Waals surface area (Å²) < 4.78 is 0. The average molecular weight is 247 g/mol. The van der Waals surface area contributed by atoms with Gasteiger partial charge in [-0.25, -0.2) is 0 Å².